The molecule has 0 heterocycles. The molecule has 0 aliphatic rings. The van der Waals surface area contributed by atoms with Gasteiger partial charge in [-0.2, -0.15) is 0 Å². The van der Waals surface area contributed by atoms with E-state index in [0.29, 0.717) is 12.1 Å². The fraction of sp³-hybridized carbons (Fsp3) is 0.300. The van der Waals surface area contributed by atoms with Crippen molar-refractivity contribution in [1.82, 2.24) is 16.0 Å². The van der Waals surface area contributed by atoms with Crippen LogP contribution in [0.25, 0.3) is 0 Å². The largest absolute Gasteiger partial charge is 0.345 e. The van der Waals surface area contributed by atoms with Gasteiger partial charge < -0.3 is 16.0 Å². The summed E-state index contributed by atoms with van der Waals surface area (Å²) in [5.41, 5.74) is 2.54. The van der Waals surface area contributed by atoms with Crippen molar-refractivity contribution >= 4 is 27.9 Å². The summed E-state index contributed by atoms with van der Waals surface area (Å²) in [6.45, 7) is 6.17. The highest BCUT2D eigenvalue weighted by Crippen LogP contribution is 2.23. The molecule has 3 N–H and O–H groups in total. The number of hydrogen-bond acceptors (Lipinski definition) is 2. The number of carbonyl (C=O) groups is 2. The van der Waals surface area contributed by atoms with Crippen molar-refractivity contribution in [3.63, 3.8) is 0 Å². The average molecular weight is 418 g/mol. The van der Waals surface area contributed by atoms with Gasteiger partial charge in [0.05, 0.1) is 6.04 Å². The van der Waals surface area contributed by atoms with Gasteiger partial charge in [0, 0.05) is 22.6 Å². The van der Waals surface area contributed by atoms with Gasteiger partial charge in [-0.05, 0) is 50.1 Å². The quantitative estimate of drug-likeness (QED) is 0.660. The minimum atomic E-state index is -0.205. The Morgan fingerprint density at radius 3 is 2.23 bits per heavy atom. The number of amides is 3. The lowest BCUT2D eigenvalue weighted by Gasteiger charge is -2.16. The molecule has 0 saturated carbocycles. The summed E-state index contributed by atoms with van der Waals surface area (Å²) in [6.07, 6.45) is 0. The molecule has 0 fully saturated rings. The van der Waals surface area contributed by atoms with Gasteiger partial charge in [0.1, 0.15) is 0 Å². The van der Waals surface area contributed by atoms with Crippen molar-refractivity contribution in [2.24, 2.45) is 0 Å². The molecule has 2 aromatic carbocycles. The molecule has 1 unspecified atom stereocenters. The number of halogens is 1. The first kappa shape index (κ1) is 20.0. The van der Waals surface area contributed by atoms with Crippen molar-refractivity contribution < 1.29 is 9.59 Å². The van der Waals surface area contributed by atoms with E-state index in [2.05, 4.69) is 31.9 Å². The summed E-state index contributed by atoms with van der Waals surface area (Å²) in [5.74, 6) is -0.134. The maximum absolute atomic E-state index is 12.4. The topological polar surface area (TPSA) is 70.2 Å². The van der Waals surface area contributed by atoms with Crippen LogP contribution >= 0.6 is 15.9 Å². The Morgan fingerprint density at radius 1 is 0.962 bits per heavy atom. The maximum atomic E-state index is 12.4. The standard InChI is InChI=1S/C20H24BrN3O2/c1-13(2)23-20(26)22-12-15-8-10-16(11-9-15)19(25)24-14(3)17-6-4-5-7-18(17)21/h4-11,13-14H,12H2,1-3H3,(H,24,25)(H2,22,23,26). The van der Waals surface area contributed by atoms with Gasteiger partial charge in [0.2, 0.25) is 0 Å². The zero-order valence-corrected chi connectivity index (χ0v) is 16.8. The average Bonchev–Trinajstić information content (AvgIpc) is 2.60. The number of hydrogen-bond donors (Lipinski definition) is 3. The normalized spacial score (nSPS) is 11.7. The van der Waals surface area contributed by atoms with Gasteiger partial charge in [-0.3, -0.25) is 4.79 Å². The molecule has 3 amide bonds. The van der Waals surface area contributed by atoms with Crippen LogP contribution in [0, 0.1) is 0 Å². The minimum absolute atomic E-state index is 0.0905. The van der Waals surface area contributed by atoms with E-state index in [1.165, 1.54) is 0 Å². The first-order chi connectivity index (χ1) is 12.4. The Morgan fingerprint density at radius 2 is 1.62 bits per heavy atom. The summed E-state index contributed by atoms with van der Waals surface area (Å²) in [4.78, 5) is 24.0. The summed E-state index contributed by atoms with van der Waals surface area (Å²) in [7, 11) is 0. The van der Waals surface area contributed by atoms with E-state index in [0.717, 1.165) is 15.6 Å². The first-order valence-electron chi connectivity index (χ1n) is 8.55. The number of urea groups is 1. The molecule has 0 saturated heterocycles. The molecule has 0 aliphatic carbocycles. The number of benzene rings is 2. The molecule has 0 bridgehead atoms. The minimum Gasteiger partial charge on any atom is -0.345 e. The third-order valence-electron chi connectivity index (χ3n) is 3.81. The van der Waals surface area contributed by atoms with Gasteiger partial charge in [-0.15, -0.1) is 0 Å². The van der Waals surface area contributed by atoms with Crippen LogP contribution < -0.4 is 16.0 Å². The van der Waals surface area contributed by atoms with E-state index in [9.17, 15) is 9.59 Å². The molecule has 2 rings (SSSR count). The Hall–Kier alpha value is -2.34. The highest BCUT2D eigenvalue weighted by molar-refractivity contribution is 9.10. The zero-order valence-electron chi connectivity index (χ0n) is 15.2. The van der Waals surface area contributed by atoms with Gasteiger partial charge in [0.25, 0.3) is 5.91 Å². The second-order valence-electron chi connectivity index (χ2n) is 6.40. The van der Waals surface area contributed by atoms with E-state index in [1.807, 2.05) is 57.2 Å². The van der Waals surface area contributed by atoms with E-state index in [-0.39, 0.29) is 24.0 Å². The molecule has 0 aromatic heterocycles. The molecular weight excluding hydrogens is 394 g/mol. The van der Waals surface area contributed by atoms with Crippen LogP contribution in [-0.2, 0) is 6.54 Å². The molecule has 0 spiro atoms. The second-order valence-corrected chi connectivity index (χ2v) is 7.25. The predicted molar refractivity (Wildman–Crippen MR) is 107 cm³/mol. The fourth-order valence-corrected chi connectivity index (χ4v) is 3.08. The van der Waals surface area contributed by atoms with Crippen molar-refractivity contribution in [2.45, 2.75) is 39.4 Å². The van der Waals surface area contributed by atoms with E-state index >= 15 is 0 Å². The second kappa shape index (κ2) is 9.38. The monoisotopic (exact) mass is 417 g/mol. The Bertz CT molecular complexity index is 760. The Labute approximate surface area is 162 Å². The van der Waals surface area contributed by atoms with Gasteiger partial charge in [-0.25, -0.2) is 4.79 Å². The molecule has 5 nitrogen and oxygen atoms in total. The van der Waals surface area contributed by atoms with Crippen LogP contribution in [0.3, 0.4) is 0 Å². The summed E-state index contributed by atoms with van der Waals surface area (Å²) in [6, 6.07) is 14.8. The van der Waals surface area contributed by atoms with Crippen LogP contribution in [0.15, 0.2) is 53.0 Å². The highest BCUT2D eigenvalue weighted by Gasteiger charge is 2.13. The van der Waals surface area contributed by atoms with Crippen LogP contribution in [0.2, 0.25) is 0 Å². The van der Waals surface area contributed by atoms with E-state index in [1.54, 1.807) is 12.1 Å². The molecule has 138 valence electrons. The van der Waals surface area contributed by atoms with E-state index < -0.39 is 0 Å². The Kier molecular flexibility index (Phi) is 7.21. The van der Waals surface area contributed by atoms with Gasteiger partial charge in [0.15, 0.2) is 0 Å². The van der Waals surface area contributed by atoms with Crippen LogP contribution in [-0.4, -0.2) is 18.0 Å². The SMILES string of the molecule is CC(C)NC(=O)NCc1ccc(C(=O)NC(C)c2ccccc2Br)cc1. The molecule has 2 aromatic rings. The summed E-state index contributed by atoms with van der Waals surface area (Å²) < 4.78 is 0.967. The summed E-state index contributed by atoms with van der Waals surface area (Å²) >= 11 is 3.51. The first-order valence-corrected chi connectivity index (χ1v) is 9.34. The van der Waals surface area contributed by atoms with Crippen LogP contribution in [0.1, 0.15) is 48.3 Å². The lowest BCUT2D eigenvalue weighted by molar-refractivity contribution is 0.0939. The van der Waals surface area contributed by atoms with Gasteiger partial charge in [-0.1, -0.05) is 46.3 Å². The zero-order chi connectivity index (χ0) is 19.1. The van der Waals surface area contributed by atoms with Crippen molar-refractivity contribution in [3.05, 3.63) is 69.7 Å². The van der Waals surface area contributed by atoms with Crippen LogP contribution in [0.4, 0.5) is 4.79 Å². The highest BCUT2D eigenvalue weighted by atomic mass is 79.9. The lowest BCUT2D eigenvalue weighted by atomic mass is 10.1. The molecular formula is C20H24BrN3O2. The van der Waals surface area contributed by atoms with Crippen molar-refractivity contribution in [3.8, 4) is 0 Å². The number of rotatable bonds is 6. The number of carbonyl (C=O) groups excluding carboxylic acids is 2. The fourth-order valence-electron chi connectivity index (χ4n) is 2.45. The Balaban J connectivity index is 1.92. The summed E-state index contributed by atoms with van der Waals surface area (Å²) in [5, 5.41) is 8.55. The molecule has 26 heavy (non-hydrogen) atoms. The third kappa shape index (κ3) is 5.88. The third-order valence-corrected chi connectivity index (χ3v) is 4.53. The van der Waals surface area contributed by atoms with Gasteiger partial charge >= 0.3 is 6.03 Å². The molecule has 0 aliphatic heterocycles. The van der Waals surface area contributed by atoms with Crippen molar-refractivity contribution in [1.29, 1.82) is 0 Å². The predicted octanol–water partition coefficient (Wildman–Crippen LogP) is 4.15. The molecule has 0 radical (unpaired) electrons. The molecule has 1 atom stereocenters. The van der Waals surface area contributed by atoms with Crippen molar-refractivity contribution in [2.75, 3.05) is 0 Å². The van der Waals surface area contributed by atoms with E-state index in [4.69, 9.17) is 0 Å². The lowest BCUT2D eigenvalue weighted by Crippen LogP contribution is -2.39. The van der Waals surface area contributed by atoms with Crippen LogP contribution in [0.5, 0.6) is 0 Å². The number of nitrogens with one attached hydrogen (secondary N) is 3. The maximum Gasteiger partial charge on any atom is 0.315 e. The smallest absolute Gasteiger partial charge is 0.315 e. The molecule has 6 heteroatoms.